The molecule has 142 valence electrons. The molecule has 0 saturated heterocycles. The van der Waals surface area contributed by atoms with Crippen molar-refractivity contribution >= 4 is 40.9 Å². The van der Waals surface area contributed by atoms with Crippen LogP contribution in [0.3, 0.4) is 0 Å². The molecule has 0 aromatic heterocycles. The van der Waals surface area contributed by atoms with E-state index in [0.717, 1.165) is 16.9 Å². The Bertz CT molecular complexity index is 952. The number of rotatable bonds is 7. The lowest BCUT2D eigenvalue weighted by molar-refractivity contribution is -0.115. The van der Waals surface area contributed by atoms with E-state index in [0.29, 0.717) is 17.1 Å². The highest BCUT2D eigenvalue weighted by Crippen LogP contribution is 2.23. The number of carbonyl (C=O) groups is 1. The average Bonchev–Trinajstić information content (AvgIpc) is 2.72. The minimum atomic E-state index is -0.101. The molecular formula is C24H22ClNOS. The lowest BCUT2D eigenvalue weighted by atomic mass is 10.0. The van der Waals surface area contributed by atoms with E-state index in [1.54, 1.807) is 11.8 Å². The number of benzene rings is 3. The van der Waals surface area contributed by atoms with Crippen molar-refractivity contribution in [3.63, 3.8) is 0 Å². The molecule has 0 unspecified atom stereocenters. The molecule has 0 saturated carbocycles. The van der Waals surface area contributed by atoms with Crippen molar-refractivity contribution in [3.8, 4) is 0 Å². The largest absolute Gasteiger partial charge is 0.351 e. The predicted octanol–water partition coefficient (Wildman–Crippen LogP) is 6.10. The fourth-order valence-corrected chi connectivity index (χ4v) is 3.67. The maximum atomic E-state index is 12.9. The number of hydrogen-bond acceptors (Lipinski definition) is 2. The van der Waals surface area contributed by atoms with Crippen LogP contribution in [0.15, 0.2) is 83.8 Å². The fraction of sp³-hybridized carbons (Fsp3) is 0.125. The molecule has 1 N–H and O–H groups in total. The van der Waals surface area contributed by atoms with E-state index in [2.05, 4.69) is 36.5 Å². The van der Waals surface area contributed by atoms with Gasteiger partial charge in [-0.1, -0.05) is 77.8 Å². The molecular weight excluding hydrogens is 386 g/mol. The lowest BCUT2D eigenvalue weighted by Crippen LogP contribution is -2.26. The van der Waals surface area contributed by atoms with E-state index >= 15 is 0 Å². The lowest BCUT2D eigenvalue weighted by Gasteiger charge is -2.10. The van der Waals surface area contributed by atoms with Gasteiger partial charge in [0.25, 0.3) is 5.91 Å². The SMILES string of the molecule is Cc1ccc(SCCNC(=O)/C(=C/c2ccccc2Cl)c2ccccc2)cc1. The summed E-state index contributed by atoms with van der Waals surface area (Å²) in [6, 6.07) is 25.6. The van der Waals surface area contributed by atoms with Crippen molar-refractivity contribution < 1.29 is 4.79 Å². The number of aryl methyl sites for hydroxylation is 1. The van der Waals surface area contributed by atoms with Gasteiger partial charge in [-0.2, -0.15) is 0 Å². The zero-order valence-electron chi connectivity index (χ0n) is 15.7. The molecule has 1 amide bonds. The molecule has 3 rings (SSSR count). The fourth-order valence-electron chi connectivity index (χ4n) is 2.71. The Morgan fingerprint density at radius 2 is 1.64 bits per heavy atom. The quantitative estimate of drug-likeness (QED) is 0.222. The van der Waals surface area contributed by atoms with Gasteiger partial charge in [-0.15, -0.1) is 11.8 Å². The summed E-state index contributed by atoms with van der Waals surface area (Å²) in [7, 11) is 0. The van der Waals surface area contributed by atoms with E-state index in [1.165, 1.54) is 10.5 Å². The summed E-state index contributed by atoms with van der Waals surface area (Å²) >= 11 is 8.02. The molecule has 0 aliphatic rings. The molecule has 2 nitrogen and oxygen atoms in total. The first-order valence-electron chi connectivity index (χ1n) is 9.13. The van der Waals surface area contributed by atoms with E-state index in [1.807, 2.05) is 60.7 Å². The summed E-state index contributed by atoms with van der Waals surface area (Å²) in [6.45, 7) is 2.66. The Balaban J connectivity index is 1.69. The van der Waals surface area contributed by atoms with Crippen LogP contribution in [0.5, 0.6) is 0 Å². The number of hydrogen-bond donors (Lipinski definition) is 1. The number of carbonyl (C=O) groups excluding carboxylic acids is 1. The highest BCUT2D eigenvalue weighted by Gasteiger charge is 2.12. The van der Waals surface area contributed by atoms with E-state index < -0.39 is 0 Å². The van der Waals surface area contributed by atoms with Gasteiger partial charge in [0.15, 0.2) is 0 Å². The van der Waals surface area contributed by atoms with Gasteiger partial charge in [0.2, 0.25) is 0 Å². The molecule has 0 spiro atoms. The summed E-state index contributed by atoms with van der Waals surface area (Å²) < 4.78 is 0. The standard InChI is InChI=1S/C24H22ClNOS/c1-18-11-13-21(14-12-18)28-16-15-26-24(27)22(19-7-3-2-4-8-19)17-20-9-5-6-10-23(20)25/h2-14,17H,15-16H2,1H3,(H,26,27)/b22-17+. The second-order valence-electron chi connectivity index (χ2n) is 6.36. The van der Waals surface area contributed by atoms with Crippen LogP contribution >= 0.6 is 23.4 Å². The second kappa shape index (κ2) is 10.2. The van der Waals surface area contributed by atoms with Crippen molar-refractivity contribution in [1.29, 1.82) is 0 Å². The summed E-state index contributed by atoms with van der Waals surface area (Å²) in [5.74, 6) is 0.707. The Kier molecular flexibility index (Phi) is 7.35. The van der Waals surface area contributed by atoms with Crippen LogP contribution in [0.25, 0.3) is 11.6 Å². The maximum absolute atomic E-state index is 12.9. The Morgan fingerprint density at radius 3 is 2.36 bits per heavy atom. The van der Waals surface area contributed by atoms with Crippen LogP contribution in [0.1, 0.15) is 16.7 Å². The Morgan fingerprint density at radius 1 is 0.964 bits per heavy atom. The van der Waals surface area contributed by atoms with Gasteiger partial charge in [0.05, 0.1) is 0 Å². The highest BCUT2D eigenvalue weighted by molar-refractivity contribution is 7.99. The second-order valence-corrected chi connectivity index (χ2v) is 7.94. The van der Waals surface area contributed by atoms with E-state index in [4.69, 9.17) is 11.6 Å². The third-order valence-electron chi connectivity index (χ3n) is 4.21. The van der Waals surface area contributed by atoms with Gasteiger partial charge in [-0.3, -0.25) is 4.79 Å². The molecule has 3 aromatic carbocycles. The predicted molar refractivity (Wildman–Crippen MR) is 121 cm³/mol. The van der Waals surface area contributed by atoms with E-state index in [-0.39, 0.29) is 5.91 Å². The van der Waals surface area contributed by atoms with Gasteiger partial charge in [-0.05, 0) is 42.3 Å². The monoisotopic (exact) mass is 407 g/mol. The molecule has 0 aliphatic heterocycles. The third-order valence-corrected chi connectivity index (χ3v) is 5.57. The van der Waals surface area contributed by atoms with Crippen molar-refractivity contribution in [1.82, 2.24) is 5.32 Å². The molecule has 0 heterocycles. The summed E-state index contributed by atoms with van der Waals surface area (Å²) in [6.07, 6.45) is 1.85. The zero-order valence-corrected chi connectivity index (χ0v) is 17.3. The van der Waals surface area contributed by atoms with Gasteiger partial charge >= 0.3 is 0 Å². The van der Waals surface area contributed by atoms with Crippen LogP contribution < -0.4 is 5.32 Å². The van der Waals surface area contributed by atoms with Crippen LogP contribution in [-0.2, 0) is 4.79 Å². The van der Waals surface area contributed by atoms with Crippen LogP contribution in [0.4, 0.5) is 0 Å². The molecule has 3 aromatic rings. The summed E-state index contributed by atoms with van der Waals surface area (Å²) in [5, 5.41) is 3.66. The molecule has 0 atom stereocenters. The number of amides is 1. The van der Waals surface area contributed by atoms with Crippen LogP contribution in [-0.4, -0.2) is 18.2 Å². The average molecular weight is 408 g/mol. The van der Waals surface area contributed by atoms with Crippen LogP contribution in [0, 0.1) is 6.92 Å². The maximum Gasteiger partial charge on any atom is 0.251 e. The molecule has 0 fully saturated rings. The van der Waals surface area contributed by atoms with Crippen molar-refractivity contribution in [3.05, 3.63) is 101 Å². The number of nitrogens with one attached hydrogen (secondary N) is 1. The van der Waals surface area contributed by atoms with Crippen molar-refractivity contribution in [2.24, 2.45) is 0 Å². The van der Waals surface area contributed by atoms with Crippen molar-refractivity contribution in [2.45, 2.75) is 11.8 Å². The number of halogens is 1. The molecule has 0 aliphatic carbocycles. The van der Waals surface area contributed by atoms with Gasteiger partial charge in [0, 0.05) is 27.8 Å². The van der Waals surface area contributed by atoms with Crippen molar-refractivity contribution in [2.75, 3.05) is 12.3 Å². The van der Waals surface area contributed by atoms with Gasteiger partial charge in [-0.25, -0.2) is 0 Å². The topological polar surface area (TPSA) is 29.1 Å². The minimum absolute atomic E-state index is 0.101. The number of thioether (sulfide) groups is 1. The van der Waals surface area contributed by atoms with Gasteiger partial charge in [0.1, 0.15) is 0 Å². The normalized spacial score (nSPS) is 11.3. The van der Waals surface area contributed by atoms with Gasteiger partial charge < -0.3 is 5.32 Å². The van der Waals surface area contributed by atoms with Crippen LogP contribution in [0.2, 0.25) is 5.02 Å². The third kappa shape index (κ3) is 5.75. The minimum Gasteiger partial charge on any atom is -0.351 e. The molecule has 28 heavy (non-hydrogen) atoms. The smallest absolute Gasteiger partial charge is 0.251 e. The first-order chi connectivity index (χ1) is 13.6. The molecule has 0 radical (unpaired) electrons. The first kappa shape index (κ1) is 20.2. The summed E-state index contributed by atoms with van der Waals surface area (Å²) in [5.41, 5.74) is 3.54. The Hall–Kier alpha value is -2.49. The molecule has 0 bridgehead atoms. The highest BCUT2D eigenvalue weighted by atomic mass is 35.5. The Labute approximate surface area is 175 Å². The molecule has 4 heteroatoms. The van der Waals surface area contributed by atoms with E-state index in [9.17, 15) is 4.79 Å². The zero-order chi connectivity index (χ0) is 19.8. The first-order valence-corrected chi connectivity index (χ1v) is 10.5. The summed E-state index contributed by atoms with van der Waals surface area (Å²) in [4.78, 5) is 14.1.